The topological polar surface area (TPSA) is 76.2 Å². The van der Waals surface area contributed by atoms with E-state index in [1.165, 1.54) is 4.90 Å². The van der Waals surface area contributed by atoms with Crippen molar-refractivity contribution in [1.82, 2.24) is 19.4 Å². The molecule has 4 heterocycles. The zero-order chi connectivity index (χ0) is 20.5. The summed E-state index contributed by atoms with van der Waals surface area (Å²) in [5.41, 5.74) is 3.37. The monoisotopic (exact) mass is 419 g/mol. The number of carbonyl (C=O) groups is 1. The molecule has 1 fully saturated rings. The fourth-order valence-electron chi connectivity index (χ4n) is 3.88. The molecule has 0 bridgehead atoms. The first kappa shape index (κ1) is 18.7. The van der Waals surface area contributed by atoms with E-state index in [4.69, 9.17) is 9.40 Å². The molecule has 1 aliphatic heterocycles. The second-order valence-electron chi connectivity index (χ2n) is 7.21. The lowest BCUT2D eigenvalue weighted by Gasteiger charge is -2.19. The maximum absolute atomic E-state index is 12.8. The third-order valence-corrected chi connectivity index (χ3v) is 6.13. The van der Waals surface area contributed by atoms with E-state index in [0.29, 0.717) is 13.1 Å². The lowest BCUT2D eigenvalue weighted by molar-refractivity contribution is 0.221. The standard InChI is InChI=1S/C22H21N5O2S/c1-30-18-6-4-16(5-7-18)24-22(28)26-11-8-17(13-26)27-20(15-9-12-29-14-15)25-19-3-2-10-23-21(19)27/h2-7,9-10,12,14,17H,8,11,13H2,1H3,(H,24,28)/t17-/m0/s1. The number of nitrogens with one attached hydrogen (secondary N) is 1. The van der Waals surface area contributed by atoms with Crippen LogP contribution in [0.5, 0.6) is 0 Å². The highest BCUT2D eigenvalue weighted by molar-refractivity contribution is 7.98. The number of furan rings is 1. The summed E-state index contributed by atoms with van der Waals surface area (Å²) in [7, 11) is 0. The van der Waals surface area contributed by atoms with Crippen LogP contribution in [0.3, 0.4) is 0 Å². The average molecular weight is 420 g/mol. The van der Waals surface area contributed by atoms with Crippen LogP contribution in [0.4, 0.5) is 10.5 Å². The molecule has 30 heavy (non-hydrogen) atoms. The maximum Gasteiger partial charge on any atom is 0.321 e. The zero-order valence-electron chi connectivity index (χ0n) is 16.5. The van der Waals surface area contributed by atoms with Gasteiger partial charge in [-0.2, -0.15) is 0 Å². The molecule has 0 spiro atoms. The van der Waals surface area contributed by atoms with Gasteiger partial charge in [0, 0.05) is 29.9 Å². The molecular weight excluding hydrogens is 398 g/mol. The van der Waals surface area contributed by atoms with Crippen LogP contribution in [0, 0.1) is 0 Å². The number of aromatic nitrogens is 3. The largest absolute Gasteiger partial charge is 0.472 e. The van der Waals surface area contributed by atoms with E-state index in [0.717, 1.165) is 34.7 Å². The van der Waals surface area contributed by atoms with Crippen LogP contribution in [-0.4, -0.2) is 44.8 Å². The van der Waals surface area contributed by atoms with E-state index in [9.17, 15) is 4.79 Å². The molecule has 7 nitrogen and oxygen atoms in total. The van der Waals surface area contributed by atoms with Gasteiger partial charge in [0.05, 0.1) is 17.9 Å². The van der Waals surface area contributed by atoms with Crippen LogP contribution in [-0.2, 0) is 0 Å². The van der Waals surface area contributed by atoms with Gasteiger partial charge >= 0.3 is 6.03 Å². The van der Waals surface area contributed by atoms with Crippen molar-refractivity contribution in [2.24, 2.45) is 0 Å². The van der Waals surface area contributed by atoms with Gasteiger partial charge in [-0.05, 0) is 55.1 Å². The van der Waals surface area contributed by atoms with Gasteiger partial charge in [0.25, 0.3) is 0 Å². The van der Waals surface area contributed by atoms with Crippen LogP contribution < -0.4 is 5.32 Å². The average Bonchev–Trinajstić information content (AvgIpc) is 3.52. The van der Waals surface area contributed by atoms with Crippen LogP contribution in [0.2, 0.25) is 0 Å². The van der Waals surface area contributed by atoms with Crippen LogP contribution in [0.15, 0.2) is 70.5 Å². The summed E-state index contributed by atoms with van der Waals surface area (Å²) in [6, 6.07) is 13.6. The number of thioether (sulfide) groups is 1. The Morgan fingerprint density at radius 1 is 1.23 bits per heavy atom. The number of urea groups is 1. The molecule has 8 heteroatoms. The summed E-state index contributed by atoms with van der Waals surface area (Å²) < 4.78 is 7.41. The predicted octanol–water partition coefficient (Wildman–Crippen LogP) is 4.89. The maximum atomic E-state index is 12.8. The van der Waals surface area contributed by atoms with E-state index in [2.05, 4.69) is 14.9 Å². The molecular formula is C22H21N5O2S. The highest BCUT2D eigenvalue weighted by Gasteiger charge is 2.31. The van der Waals surface area contributed by atoms with Gasteiger partial charge in [0.2, 0.25) is 0 Å². The Morgan fingerprint density at radius 2 is 2.10 bits per heavy atom. The van der Waals surface area contributed by atoms with E-state index < -0.39 is 0 Å². The Bertz CT molecular complexity index is 1170. The quantitative estimate of drug-likeness (QED) is 0.477. The van der Waals surface area contributed by atoms with Crippen molar-refractivity contribution in [3.63, 3.8) is 0 Å². The Labute approximate surface area is 178 Å². The molecule has 3 aromatic heterocycles. The molecule has 2 amide bonds. The second-order valence-corrected chi connectivity index (χ2v) is 8.09. The highest BCUT2D eigenvalue weighted by atomic mass is 32.2. The number of rotatable bonds is 4. The number of fused-ring (bicyclic) bond motifs is 1. The number of hydrogen-bond acceptors (Lipinski definition) is 5. The Hall–Kier alpha value is -3.26. The minimum Gasteiger partial charge on any atom is -0.472 e. The normalized spacial score (nSPS) is 16.3. The van der Waals surface area contributed by atoms with Crippen molar-refractivity contribution in [2.45, 2.75) is 17.4 Å². The highest BCUT2D eigenvalue weighted by Crippen LogP contribution is 2.32. The fraction of sp³-hybridized carbons (Fsp3) is 0.227. The van der Waals surface area contributed by atoms with E-state index in [-0.39, 0.29) is 12.1 Å². The number of imidazole rings is 1. The summed E-state index contributed by atoms with van der Waals surface area (Å²) in [6.45, 7) is 1.28. The predicted molar refractivity (Wildman–Crippen MR) is 118 cm³/mol. The van der Waals surface area contributed by atoms with Gasteiger partial charge in [-0.25, -0.2) is 14.8 Å². The van der Waals surface area contributed by atoms with Gasteiger partial charge in [-0.1, -0.05) is 0 Å². The minimum atomic E-state index is -0.0864. The van der Waals surface area contributed by atoms with Crippen LogP contribution in [0.25, 0.3) is 22.6 Å². The molecule has 152 valence electrons. The van der Waals surface area contributed by atoms with Gasteiger partial charge in [0.15, 0.2) is 5.65 Å². The summed E-state index contributed by atoms with van der Waals surface area (Å²) in [6.07, 6.45) is 7.98. The number of anilines is 1. The summed E-state index contributed by atoms with van der Waals surface area (Å²) in [5, 5.41) is 3.00. The number of amides is 2. The van der Waals surface area contributed by atoms with Crippen molar-refractivity contribution in [2.75, 3.05) is 24.7 Å². The number of benzene rings is 1. The van der Waals surface area contributed by atoms with E-state index in [1.54, 1.807) is 30.5 Å². The lowest BCUT2D eigenvalue weighted by atomic mass is 10.2. The van der Waals surface area contributed by atoms with Crippen LogP contribution in [0.1, 0.15) is 12.5 Å². The summed E-state index contributed by atoms with van der Waals surface area (Å²) >= 11 is 1.68. The first-order chi connectivity index (χ1) is 14.7. The molecule has 1 aromatic carbocycles. The molecule has 4 aromatic rings. The van der Waals surface area contributed by atoms with Crippen molar-refractivity contribution < 1.29 is 9.21 Å². The third kappa shape index (κ3) is 3.43. The Kier molecular flexibility index (Phi) is 4.92. The molecule has 1 atom stereocenters. The van der Waals surface area contributed by atoms with Gasteiger partial charge in [0.1, 0.15) is 17.6 Å². The molecule has 0 aliphatic carbocycles. The zero-order valence-corrected chi connectivity index (χ0v) is 17.3. The number of carbonyl (C=O) groups excluding carboxylic acids is 1. The van der Waals surface area contributed by atoms with Gasteiger partial charge < -0.3 is 19.2 Å². The summed E-state index contributed by atoms with van der Waals surface area (Å²) in [5.74, 6) is 0.817. The molecule has 0 radical (unpaired) electrons. The number of pyridine rings is 1. The number of likely N-dealkylation sites (tertiary alicyclic amines) is 1. The van der Waals surface area contributed by atoms with Gasteiger partial charge in [-0.3, -0.25) is 0 Å². The molecule has 1 N–H and O–H groups in total. The third-order valence-electron chi connectivity index (χ3n) is 5.39. The number of hydrogen-bond donors (Lipinski definition) is 1. The Balaban J connectivity index is 1.38. The molecule has 5 rings (SSSR count). The first-order valence-corrected chi connectivity index (χ1v) is 11.0. The SMILES string of the molecule is CSc1ccc(NC(=O)N2CC[C@H](n3c(-c4ccoc4)nc4cccnc43)C2)cc1. The molecule has 1 saturated heterocycles. The molecule has 1 aliphatic rings. The molecule has 0 unspecified atom stereocenters. The smallest absolute Gasteiger partial charge is 0.321 e. The minimum absolute atomic E-state index is 0.0864. The summed E-state index contributed by atoms with van der Waals surface area (Å²) in [4.78, 5) is 25.2. The van der Waals surface area contributed by atoms with E-state index >= 15 is 0 Å². The van der Waals surface area contributed by atoms with Crippen molar-refractivity contribution in [3.8, 4) is 11.4 Å². The van der Waals surface area contributed by atoms with Crippen molar-refractivity contribution >= 4 is 34.6 Å². The second kappa shape index (κ2) is 7.87. The lowest BCUT2D eigenvalue weighted by Crippen LogP contribution is -2.33. The first-order valence-electron chi connectivity index (χ1n) is 9.78. The fourth-order valence-corrected chi connectivity index (χ4v) is 4.29. The van der Waals surface area contributed by atoms with Crippen molar-refractivity contribution in [3.05, 3.63) is 61.2 Å². The van der Waals surface area contributed by atoms with Crippen LogP contribution >= 0.6 is 11.8 Å². The van der Waals surface area contributed by atoms with Crippen molar-refractivity contribution in [1.29, 1.82) is 0 Å². The van der Waals surface area contributed by atoms with Gasteiger partial charge in [-0.15, -0.1) is 11.8 Å². The van der Waals surface area contributed by atoms with E-state index in [1.807, 2.05) is 53.6 Å². The number of nitrogens with zero attached hydrogens (tertiary/aromatic N) is 4. The molecule has 0 saturated carbocycles. The Morgan fingerprint density at radius 3 is 2.87 bits per heavy atom.